The molecule has 1 fully saturated rings. The molecule has 1 aromatic carbocycles. The maximum atomic E-state index is 10.1. The quantitative estimate of drug-likeness (QED) is 0.818. The highest BCUT2D eigenvalue weighted by Gasteiger charge is 2.17. The van der Waals surface area contributed by atoms with Gasteiger partial charge in [-0.1, -0.05) is 55.0 Å². The first-order valence-corrected chi connectivity index (χ1v) is 7.05. The van der Waals surface area contributed by atoms with Gasteiger partial charge < -0.3 is 5.11 Å². The Bertz CT molecular complexity index is 372. The lowest BCUT2D eigenvalue weighted by molar-refractivity contribution is 0.157. The SMILES string of the molecule is OC(CCC1CCCC1)c1ccc(Cl)c(Cl)c1. The van der Waals surface area contributed by atoms with E-state index in [0.717, 1.165) is 24.3 Å². The maximum absolute atomic E-state index is 10.1. The van der Waals surface area contributed by atoms with Gasteiger partial charge in [-0.15, -0.1) is 0 Å². The van der Waals surface area contributed by atoms with E-state index in [1.807, 2.05) is 6.07 Å². The van der Waals surface area contributed by atoms with Crippen molar-refractivity contribution in [2.24, 2.45) is 5.92 Å². The molecular formula is C14H18Cl2O. The molecule has 1 unspecified atom stereocenters. The van der Waals surface area contributed by atoms with Crippen molar-refractivity contribution in [1.82, 2.24) is 0 Å². The van der Waals surface area contributed by atoms with E-state index < -0.39 is 6.10 Å². The molecule has 0 heterocycles. The molecule has 17 heavy (non-hydrogen) atoms. The molecule has 94 valence electrons. The highest BCUT2D eigenvalue weighted by atomic mass is 35.5. The molecule has 1 atom stereocenters. The monoisotopic (exact) mass is 272 g/mol. The van der Waals surface area contributed by atoms with Crippen molar-refractivity contribution < 1.29 is 5.11 Å². The zero-order chi connectivity index (χ0) is 12.3. The summed E-state index contributed by atoms with van der Waals surface area (Å²) in [7, 11) is 0. The minimum absolute atomic E-state index is 0.412. The number of rotatable bonds is 4. The molecule has 1 aliphatic carbocycles. The second kappa shape index (κ2) is 6.08. The fraction of sp³-hybridized carbons (Fsp3) is 0.571. The molecule has 1 saturated carbocycles. The van der Waals surface area contributed by atoms with Gasteiger partial charge in [0.2, 0.25) is 0 Å². The molecule has 0 aromatic heterocycles. The number of halogens is 2. The van der Waals surface area contributed by atoms with E-state index in [-0.39, 0.29) is 0 Å². The average molecular weight is 273 g/mol. The van der Waals surface area contributed by atoms with Crippen molar-refractivity contribution in [3.63, 3.8) is 0 Å². The summed E-state index contributed by atoms with van der Waals surface area (Å²) in [5.74, 6) is 0.812. The van der Waals surface area contributed by atoms with Crippen molar-refractivity contribution in [2.45, 2.75) is 44.6 Å². The van der Waals surface area contributed by atoms with Gasteiger partial charge in [0.15, 0.2) is 0 Å². The third-order valence-electron chi connectivity index (χ3n) is 3.65. The van der Waals surface area contributed by atoms with Gasteiger partial charge in [-0.2, -0.15) is 0 Å². The Labute approximate surface area is 113 Å². The maximum Gasteiger partial charge on any atom is 0.0790 e. The van der Waals surface area contributed by atoms with Gasteiger partial charge in [0.05, 0.1) is 16.1 Å². The molecule has 0 saturated heterocycles. The minimum Gasteiger partial charge on any atom is -0.388 e. The van der Waals surface area contributed by atoms with Crippen LogP contribution in [0.2, 0.25) is 10.0 Å². The first-order chi connectivity index (χ1) is 8.16. The van der Waals surface area contributed by atoms with Crippen molar-refractivity contribution in [1.29, 1.82) is 0 Å². The Kier molecular flexibility index (Phi) is 4.72. The summed E-state index contributed by atoms with van der Waals surface area (Å²) in [5.41, 5.74) is 0.873. The lowest BCUT2D eigenvalue weighted by atomic mass is 9.96. The Morgan fingerprint density at radius 2 is 1.88 bits per heavy atom. The fourth-order valence-electron chi connectivity index (χ4n) is 2.58. The van der Waals surface area contributed by atoms with E-state index in [9.17, 15) is 5.11 Å². The standard InChI is InChI=1S/C14H18Cl2O/c15-12-7-6-11(9-13(12)16)14(17)8-5-10-3-1-2-4-10/h6-7,9-10,14,17H,1-5,8H2. The van der Waals surface area contributed by atoms with Gasteiger partial charge in [0.1, 0.15) is 0 Å². The molecule has 1 N–H and O–H groups in total. The van der Waals surface area contributed by atoms with Crippen LogP contribution in [0.5, 0.6) is 0 Å². The van der Waals surface area contributed by atoms with Crippen LogP contribution in [-0.4, -0.2) is 5.11 Å². The highest BCUT2D eigenvalue weighted by Crippen LogP contribution is 2.32. The summed E-state index contributed by atoms with van der Waals surface area (Å²) in [5, 5.41) is 11.2. The number of aliphatic hydroxyl groups excluding tert-OH is 1. The van der Waals surface area contributed by atoms with Crippen molar-refractivity contribution >= 4 is 23.2 Å². The largest absolute Gasteiger partial charge is 0.388 e. The first kappa shape index (κ1) is 13.2. The number of hydrogen-bond acceptors (Lipinski definition) is 1. The van der Waals surface area contributed by atoms with E-state index >= 15 is 0 Å². The normalized spacial score (nSPS) is 18.5. The third kappa shape index (κ3) is 3.61. The zero-order valence-electron chi connectivity index (χ0n) is 9.83. The van der Waals surface area contributed by atoms with E-state index in [2.05, 4.69) is 0 Å². The van der Waals surface area contributed by atoms with Crippen LogP contribution in [0.1, 0.15) is 50.2 Å². The van der Waals surface area contributed by atoms with Crippen molar-refractivity contribution in [3.05, 3.63) is 33.8 Å². The zero-order valence-corrected chi connectivity index (χ0v) is 11.3. The topological polar surface area (TPSA) is 20.2 Å². The minimum atomic E-state index is -0.412. The van der Waals surface area contributed by atoms with Crippen molar-refractivity contribution in [2.75, 3.05) is 0 Å². The summed E-state index contributed by atoms with van der Waals surface area (Å²) in [6, 6.07) is 5.37. The molecular weight excluding hydrogens is 255 g/mol. The number of benzene rings is 1. The van der Waals surface area contributed by atoms with Crippen LogP contribution >= 0.6 is 23.2 Å². The Morgan fingerprint density at radius 3 is 2.53 bits per heavy atom. The number of hydrogen-bond donors (Lipinski definition) is 1. The predicted molar refractivity (Wildman–Crippen MR) is 72.6 cm³/mol. The fourth-order valence-corrected chi connectivity index (χ4v) is 2.89. The van der Waals surface area contributed by atoms with Crippen LogP contribution in [0, 0.1) is 5.92 Å². The molecule has 2 rings (SSSR count). The van der Waals surface area contributed by atoms with E-state index in [1.165, 1.54) is 25.7 Å². The summed E-state index contributed by atoms with van der Waals surface area (Å²) in [6.45, 7) is 0. The van der Waals surface area contributed by atoms with E-state index in [4.69, 9.17) is 23.2 Å². The van der Waals surface area contributed by atoms with Crippen LogP contribution < -0.4 is 0 Å². The Hall–Kier alpha value is -0.240. The van der Waals surface area contributed by atoms with Gasteiger partial charge in [-0.3, -0.25) is 0 Å². The van der Waals surface area contributed by atoms with E-state index in [1.54, 1.807) is 12.1 Å². The van der Waals surface area contributed by atoms with Gasteiger partial charge in [-0.25, -0.2) is 0 Å². The molecule has 0 radical (unpaired) electrons. The molecule has 1 aliphatic rings. The second-order valence-electron chi connectivity index (χ2n) is 4.92. The molecule has 1 nitrogen and oxygen atoms in total. The molecule has 0 aliphatic heterocycles. The molecule has 0 amide bonds. The molecule has 0 spiro atoms. The lowest BCUT2D eigenvalue weighted by Gasteiger charge is -2.14. The van der Waals surface area contributed by atoms with Gasteiger partial charge in [0.25, 0.3) is 0 Å². The van der Waals surface area contributed by atoms with Gasteiger partial charge >= 0.3 is 0 Å². The predicted octanol–water partition coefficient (Wildman–Crippen LogP) is 5.00. The van der Waals surface area contributed by atoms with Crippen LogP contribution in [0.4, 0.5) is 0 Å². The molecule has 1 aromatic rings. The second-order valence-corrected chi connectivity index (χ2v) is 5.73. The third-order valence-corrected chi connectivity index (χ3v) is 4.39. The summed E-state index contributed by atoms with van der Waals surface area (Å²) in [4.78, 5) is 0. The van der Waals surface area contributed by atoms with Gasteiger partial charge in [0, 0.05) is 0 Å². The summed E-state index contributed by atoms with van der Waals surface area (Å²) < 4.78 is 0. The Balaban J connectivity index is 1.89. The molecule has 3 heteroatoms. The van der Waals surface area contributed by atoms with E-state index in [0.29, 0.717) is 10.0 Å². The van der Waals surface area contributed by atoms with Gasteiger partial charge in [-0.05, 0) is 36.5 Å². The molecule has 0 bridgehead atoms. The van der Waals surface area contributed by atoms with Crippen LogP contribution in [0.3, 0.4) is 0 Å². The van der Waals surface area contributed by atoms with Crippen LogP contribution in [-0.2, 0) is 0 Å². The smallest absolute Gasteiger partial charge is 0.0790 e. The van der Waals surface area contributed by atoms with Crippen molar-refractivity contribution in [3.8, 4) is 0 Å². The highest BCUT2D eigenvalue weighted by molar-refractivity contribution is 6.42. The Morgan fingerprint density at radius 1 is 1.18 bits per heavy atom. The lowest BCUT2D eigenvalue weighted by Crippen LogP contribution is -2.01. The van der Waals surface area contributed by atoms with Crippen LogP contribution in [0.25, 0.3) is 0 Å². The first-order valence-electron chi connectivity index (χ1n) is 6.30. The summed E-state index contributed by atoms with van der Waals surface area (Å²) in [6.07, 6.45) is 6.89. The number of aliphatic hydroxyl groups is 1. The van der Waals surface area contributed by atoms with Crippen LogP contribution in [0.15, 0.2) is 18.2 Å². The summed E-state index contributed by atoms with van der Waals surface area (Å²) >= 11 is 11.8. The average Bonchev–Trinajstić information content (AvgIpc) is 2.82.